The number of hydrogen-bond donors (Lipinski definition) is 3. The number of Topliss-reactive ketones (excluding diaryl/α,β-unsaturated/α-hetero) is 1. The summed E-state index contributed by atoms with van der Waals surface area (Å²) in [5.74, 6) is -0.753. The van der Waals surface area contributed by atoms with Crippen LogP contribution in [0.4, 0.5) is 29.6 Å². The van der Waals surface area contributed by atoms with Gasteiger partial charge in [-0.05, 0) is 75.5 Å². The van der Waals surface area contributed by atoms with E-state index in [9.17, 15) is 27.6 Å². The Balaban J connectivity index is 0.00000166. The van der Waals surface area contributed by atoms with Crippen LogP contribution < -0.4 is 25.8 Å². The summed E-state index contributed by atoms with van der Waals surface area (Å²) in [5, 5.41) is 17.1. The number of benzene rings is 1. The molecule has 51 heavy (non-hydrogen) atoms. The molecule has 0 radical (unpaired) electrons. The van der Waals surface area contributed by atoms with E-state index in [1.54, 1.807) is 23.1 Å². The van der Waals surface area contributed by atoms with Gasteiger partial charge in [-0.2, -0.15) is 18.4 Å². The monoisotopic (exact) mass is 736 g/mol. The molecule has 0 bridgehead atoms. The Morgan fingerprint density at radius 1 is 0.941 bits per heavy atom. The van der Waals surface area contributed by atoms with Crippen molar-refractivity contribution in [1.29, 1.82) is 5.26 Å². The molecule has 0 unspecified atom stereocenters. The summed E-state index contributed by atoms with van der Waals surface area (Å²) in [6.07, 6.45) is 0.445. The second-order valence-electron chi connectivity index (χ2n) is 12.2. The van der Waals surface area contributed by atoms with Gasteiger partial charge >= 0.3 is 22.8 Å². The van der Waals surface area contributed by atoms with Crippen molar-refractivity contribution in [3.63, 3.8) is 0 Å². The van der Waals surface area contributed by atoms with Gasteiger partial charge in [0.25, 0.3) is 0 Å². The maximum Gasteiger partial charge on any atom is 0.451 e. The average Bonchev–Trinajstić information content (AvgIpc) is 3.59. The first-order chi connectivity index (χ1) is 24.3. The van der Waals surface area contributed by atoms with Crippen molar-refractivity contribution < 1.29 is 40.2 Å². The lowest BCUT2D eigenvalue weighted by Crippen LogP contribution is -2.40. The standard InChI is InChI=1S/C33H43F3N8O3.O3S/c1-2-38-30(46)13-17-40-32(47)39-16-12-24-14-19-43(20-15-24)28-21-29(42-31(41-28)33(34,35)36)44-18-4-6-26(44)27(45)7-3-5-23-8-10-25(22-37)11-9-23;1-4(2)3/h8-11,21,24,26H,2-7,12-20H2,1H3,(H,38,46)(H2,39,40,47);/t26-;/m0./s1. The maximum absolute atomic E-state index is 13.9. The van der Waals surface area contributed by atoms with E-state index in [-0.39, 0.29) is 48.2 Å². The van der Waals surface area contributed by atoms with E-state index < -0.39 is 28.7 Å². The molecule has 0 spiro atoms. The van der Waals surface area contributed by atoms with Gasteiger partial charge in [-0.3, -0.25) is 9.59 Å². The van der Waals surface area contributed by atoms with Gasteiger partial charge in [0.15, 0.2) is 5.78 Å². The number of urea groups is 1. The Bertz CT molecular complexity index is 1620. The molecule has 0 saturated carbocycles. The zero-order valence-electron chi connectivity index (χ0n) is 28.4. The molecule has 3 amide bonds. The van der Waals surface area contributed by atoms with E-state index in [2.05, 4.69) is 32.0 Å². The van der Waals surface area contributed by atoms with E-state index in [4.69, 9.17) is 17.9 Å². The van der Waals surface area contributed by atoms with Gasteiger partial charge in [0.1, 0.15) is 11.6 Å². The summed E-state index contributed by atoms with van der Waals surface area (Å²) >= 11 is 0. The summed E-state index contributed by atoms with van der Waals surface area (Å²) in [6, 6.07) is 9.98. The molecule has 4 rings (SSSR count). The van der Waals surface area contributed by atoms with E-state index in [1.807, 2.05) is 24.0 Å². The number of rotatable bonds is 14. The minimum absolute atomic E-state index is 0.0186. The fourth-order valence-electron chi connectivity index (χ4n) is 6.09. The van der Waals surface area contributed by atoms with Crippen molar-refractivity contribution in [3.8, 4) is 6.07 Å². The number of carbonyl (C=O) groups is 3. The SMILES string of the molecule is CCNC(=O)CCNC(=O)NCCC1CCN(c2cc(N3CCC[C@H]3C(=O)CCCc3ccc(C#N)cc3)nc(C(F)(F)F)n2)CC1.O=S(=O)=O. The highest BCUT2D eigenvalue weighted by Gasteiger charge is 2.38. The first-order valence-corrected chi connectivity index (χ1v) is 17.9. The van der Waals surface area contributed by atoms with E-state index in [0.717, 1.165) is 24.8 Å². The third-order valence-electron chi connectivity index (χ3n) is 8.63. The lowest BCUT2D eigenvalue weighted by atomic mass is 9.93. The third kappa shape index (κ3) is 13.8. The highest BCUT2D eigenvalue weighted by atomic mass is 32.2. The van der Waals surface area contributed by atoms with Gasteiger partial charge in [0, 0.05) is 58.2 Å². The second-order valence-corrected chi connectivity index (χ2v) is 12.6. The van der Waals surface area contributed by atoms with E-state index in [0.29, 0.717) is 70.4 Å². The Kier molecular flexibility index (Phi) is 16.1. The highest BCUT2D eigenvalue weighted by molar-refractivity contribution is 7.59. The van der Waals surface area contributed by atoms with Crippen molar-refractivity contribution in [2.24, 2.45) is 5.92 Å². The first kappa shape index (κ1) is 40.6. The lowest BCUT2D eigenvalue weighted by Gasteiger charge is -2.34. The molecule has 278 valence electrons. The number of alkyl halides is 3. The van der Waals surface area contributed by atoms with Crippen LogP contribution in [-0.2, 0) is 32.8 Å². The Morgan fingerprint density at radius 3 is 2.22 bits per heavy atom. The van der Waals surface area contributed by atoms with Crippen LogP contribution in [0.2, 0.25) is 0 Å². The number of anilines is 2. The van der Waals surface area contributed by atoms with Crippen LogP contribution >= 0.6 is 0 Å². The van der Waals surface area contributed by atoms with Crippen LogP contribution in [0.25, 0.3) is 0 Å². The van der Waals surface area contributed by atoms with Crippen LogP contribution in [0.1, 0.15) is 75.2 Å². The topological polar surface area (TPSA) is 195 Å². The minimum Gasteiger partial charge on any atom is -0.356 e. The largest absolute Gasteiger partial charge is 0.451 e. The van der Waals surface area contributed by atoms with Crippen LogP contribution in [0.3, 0.4) is 0 Å². The number of nitriles is 1. The number of piperidine rings is 1. The zero-order valence-corrected chi connectivity index (χ0v) is 29.2. The van der Waals surface area contributed by atoms with Crippen LogP contribution in [0.15, 0.2) is 30.3 Å². The Hall–Kier alpha value is -4.79. The molecule has 2 fully saturated rings. The number of nitrogens with one attached hydrogen (secondary N) is 3. The average molecular weight is 737 g/mol. The molecule has 14 nitrogen and oxygen atoms in total. The number of carbonyl (C=O) groups excluding carboxylic acids is 3. The zero-order chi connectivity index (χ0) is 37.4. The van der Waals surface area contributed by atoms with Gasteiger partial charge in [0.05, 0.1) is 17.7 Å². The molecule has 1 aromatic heterocycles. The second kappa shape index (κ2) is 20.2. The van der Waals surface area contributed by atoms with Crippen molar-refractivity contribution in [2.45, 2.75) is 76.9 Å². The van der Waals surface area contributed by atoms with Crippen LogP contribution in [0.5, 0.6) is 0 Å². The molecular formula is C33H43F3N8O6S. The van der Waals surface area contributed by atoms with Gasteiger partial charge in [-0.1, -0.05) is 12.1 Å². The molecule has 1 atom stereocenters. The van der Waals surface area contributed by atoms with Crippen molar-refractivity contribution in [1.82, 2.24) is 25.9 Å². The van der Waals surface area contributed by atoms with Crippen molar-refractivity contribution in [2.75, 3.05) is 49.1 Å². The molecule has 2 aliphatic heterocycles. The minimum atomic E-state index is -4.74. The van der Waals surface area contributed by atoms with Crippen molar-refractivity contribution in [3.05, 3.63) is 47.3 Å². The summed E-state index contributed by atoms with van der Waals surface area (Å²) in [6.45, 7) is 4.51. The lowest BCUT2D eigenvalue weighted by molar-refractivity contribution is -0.144. The molecule has 2 saturated heterocycles. The van der Waals surface area contributed by atoms with E-state index >= 15 is 0 Å². The molecule has 1 aromatic carbocycles. The number of amides is 3. The summed E-state index contributed by atoms with van der Waals surface area (Å²) in [5.41, 5.74) is 1.59. The highest BCUT2D eigenvalue weighted by Crippen LogP contribution is 2.34. The molecule has 3 heterocycles. The van der Waals surface area contributed by atoms with Gasteiger partial charge in [-0.15, -0.1) is 12.6 Å². The number of hydrogen-bond acceptors (Lipinski definition) is 11. The molecular weight excluding hydrogens is 693 g/mol. The summed E-state index contributed by atoms with van der Waals surface area (Å²) in [7, 11) is -3.11. The van der Waals surface area contributed by atoms with Crippen molar-refractivity contribution >= 4 is 40.0 Å². The van der Waals surface area contributed by atoms with Gasteiger partial charge in [0.2, 0.25) is 11.7 Å². The third-order valence-corrected chi connectivity index (χ3v) is 8.63. The molecule has 2 aromatic rings. The van der Waals surface area contributed by atoms with Gasteiger partial charge < -0.3 is 25.8 Å². The number of aromatic nitrogens is 2. The summed E-state index contributed by atoms with van der Waals surface area (Å²) in [4.78, 5) is 48.1. The smallest absolute Gasteiger partial charge is 0.356 e. The molecule has 18 heteroatoms. The first-order valence-electron chi connectivity index (χ1n) is 16.9. The fraction of sp³-hybridized carbons (Fsp3) is 0.576. The molecule has 0 aliphatic carbocycles. The van der Waals surface area contributed by atoms with E-state index in [1.165, 1.54) is 0 Å². The normalized spacial score (nSPS) is 16.0. The maximum atomic E-state index is 13.9. The fourth-order valence-corrected chi connectivity index (χ4v) is 6.09. The Labute approximate surface area is 296 Å². The molecule has 2 aliphatic rings. The Morgan fingerprint density at radius 2 is 1.59 bits per heavy atom. The van der Waals surface area contributed by atoms with Gasteiger partial charge in [-0.25, -0.2) is 14.8 Å². The predicted molar refractivity (Wildman–Crippen MR) is 180 cm³/mol. The number of nitrogens with zero attached hydrogens (tertiary/aromatic N) is 5. The van der Waals surface area contributed by atoms with Crippen LogP contribution in [0, 0.1) is 17.2 Å². The quantitative estimate of drug-likeness (QED) is 0.258. The number of ketones is 1. The predicted octanol–water partition coefficient (Wildman–Crippen LogP) is 3.36. The molecule has 3 N–H and O–H groups in total. The number of halogens is 3. The summed E-state index contributed by atoms with van der Waals surface area (Å²) < 4.78 is 67.2. The van der Waals surface area contributed by atoms with Crippen LogP contribution in [-0.4, -0.2) is 85.6 Å². The number of aryl methyl sites for hydroxylation is 1.